The maximum atomic E-state index is 12.2. The van der Waals surface area contributed by atoms with E-state index < -0.39 is 0 Å². The third kappa shape index (κ3) is 5.92. The van der Waals surface area contributed by atoms with Gasteiger partial charge < -0.3 is 20.1 Å². The Bertz CT molecular complexity index is 528. The van der Waals surface area contributed by atoms with Crippen LogP contribution >= 0.6 is 0 Å². The van der Waals surface area contributed by atoms with Crippen LogP contribution in [0.5, 0.6) is 5.75 Å². The van der Waals surface area contributed by atoms with Gasteiger partial charge in [0, 0.05) is 31.2 Å². The predicted octanol–water partition coefficient (Wildman–Crippen LogP) is 3.43. The van der Waals surface area contributed by atoms with Gasteiger partial charge in [-0.3, -0.25) is 4.79 Å². The molecule has 5 nitrogen and oxygen atoms in total. The highest BCUT2D eigenvalue weighted by Gasteiger charge is 2.24. The molecule has 1 aliphatic carbocycles. The molecular formula is C20H32N2O3. The average molecular weight is 348 g/mol. The van der Waals surface area contributed by atoms with Crippen LogP contribution in [0.15, 0.2) is 24.3 Å². The van der Waals surface area contributed by atoms with Gasteiger partial charge in [-0.2, -0.15) is 0 Å². The first-order valence-corrected chi connectivity index (χ1v) is 9.52. The van der Waals surface area contributed by atoms with Gasteiger partial charge >= 0.3 is 0 Å². The molecule has 0 bridgehead atoms. The van der Waals surface area contributed by atoms with Crippen LogP contribution < -0.4 is 10.1 Å². The topological polar surface area (TPSA) is 61.8 Å². The standard InChI is InChI=1S/C20H32N2O3/c1-4-22(5-2)20(24)14-15(3)21-16-10-12-17(13-11-16)25-19-9-7-6-8-18(19)23/h10-13,15,18-19,21,23H,4-9,14H2,1-3H3. The van der Waals surface area contributed by atoms with E-state index in [-0.39, 0.29) is 24.2 Å². The number of anilines is 1. The third-order valence-electron chi connectivity index (χ3n) is 4.82. The lowest BCUT2D eigenvalue weighted by molar-refractivity contribution is -0.130. The molecule has 0 radical (unpaired) electrons. The van der Waals surface area contributed by atoms with E-state index in [9.17, 15) is 9.90 Å². The van der Waals surface area contributed by atoms with Gasteiger partial charge in [0.2, 0.25) is 5.91 Å². The second-order valence-electron chi connectivity index (χ2n) is 6.85. The molecule has 0 spiro atoms. The van der Waals surface area contributed by atoms with Gasteiger partial charge in [0.05, 0.1) is 6.10 Å². The predicted molar refractivity (Wildman–Crippen MR) is 101 cm³/mol. The van der Waals surface area contributed by atoms with E-state index >= 15 is 0 Å². The Kier molecular flexibility index (Phi) is 7.56. The summed E-state index contributed by atoms with van der Waals surface area (Å²) in [4.78, 5) is 14.0. The zero-order chi connectivity index (χ0) is 18.2. The summed E-state index contributed by atoms with van der Waals surface area (Å²) in [7, 11) is 0. The molecule has 1 aromatic rings. The van der Waals surface area contributed by atoms with Crippen molar-refractivity contribution in [2.45, 2.75) is 71.1 Å². The van der Waals surface area contributed by atoms with Crippen molar-refractivity contribution in [3.63, 3.8) is 0 Å². The molecule has 0 aliphatic heterocycles. The number of aliphatic hydroxyl groups excluding tert-OH is 1. The Labute approximate surface area is 151 Å². The quantitative estimate of drug-likeness (QED) is 0.755. The zero-order valence-corrected chi connectivity index (χ0v) is 15.7. The molecule has 1 aromatic carbocycles. The molecule has 1 saturated carbocycles. The molecule has 0 saturated heterocycles. The fraction of sp³-hybridized carbons (Fsp3) is 0.650. The van der Waals surface area contributed by atoms with Crippen molar-refractivity contribution in [1.82, 2.24) is 4.90 Å². The zero-order valence-electron chi connectivity index (χ0n) is 15.7. The van der Waals surface area contributed by atoms with Gasteiger partial charge in [-0.05, 0) is 64.3 Å². The minimum absolute atomic E-state index is 0.0695. The Morgan fingerprint density at radius 2 is 1.88 bits per heavy atom. The summed E-state index contributed by atoms with van der Waals surface area (Å²) in [6.45, 7) is 7.52. The highest BCUT2D eigenvalue weighted by atomic mass is 16.5. The number of benzene rings is 1. The molecule has 1 fully saturated rings. The van der Waals surface area contributed by atoms with Crippen LogP contribution in [0.1, 0.15) is 52.9 Å². The number of rotatable bonds is 8. The number of nitrogens with one attached hydrogen (secondary N) is 1. The van der Waals surface area contributed by atoms with Crippen molar-refractivity contribution >= 4 is 11.6 Å². The number of aliphatic hydroxyl groups is 1. The lowest BCUT2D eigenvalue weighted by Gasteiger charge is -2.28. The van der Waals surface area contributed by atoms with Crippen molar-refractivity contribution in [2.75, 3.05) is 18.4 Å². The van der Waals surface area contributed by atoms with Crippen LogP contribution in [0.25, 0.3) is 0 Å². The van der Waals surface area contributed by atoms with Crippen LogP contribution in [0, 0.1) is 0 Å². The minimum Gasteiger partial charge on any atom is -0.488 e. The van der Waals surface area contributed by atoms with Crippen molar-refractivity contribution in [1.29, 1.82) is 0 Å². The molecule has 0 aromatic heterocycles. The fourth-order valence-electron chi connectivity index (χ4n) is 3.32. The summed E-state index contributed by atoms with van der Waals surface area (Å²) in [6, 6.07) is 7.83. The molecule has 2 rings (SSSR count). The first-order valence-electron chi connectivity index (χ1n) is 9.52. The molecule has 1 amide bonds. The molecule has 3 atom stereocenters. The van der Waals surface area contributed by atoms with Crippen molar-refractivity contribution in [2.24, 2.45) is 0 Å². The maximum absolute atomic E-state index is 12.2. The number of nitrogens with zero attached hydrogens (tertiary/aromatic N) is 1. The molecular weight excluding hydrogens is 316 g/mol. The van der Waals surface area contributed by atoms with Gasteiger partial charge in [-0.15, -0.1) is 0 Å². The van der Waals surface area contributed by atoms with Gasteiger partial charge in [-0.1, -0.05) is 6.42 Å². The molecule has 1 aliphatic rings. The molecule has 0 heterocycles. The number of ether oxygens (including phenoxy) is 1. The Morgan fingerprint density at radius 3 is 2.48 bits per heavy atom. The van der Waals surface area contributed by atoms with E-state index in [0.29, 0.717) is 6.42 Å². The van der Waals surface area contributed by atoms with Gasteiger partial charge in [0.1, 0.15) is 11.9 Å². The lowest BCUT2D eigenvalue weighted by atomic mass is 9.95. The van der Waals surface area contributed by atoms with Crippen molar-refractivity contribution in [3.05, 3.63) is 24.3 Å². The molecule has 140 valence electrons. The Morgan fingerprint density at radius 1 is 1.24 bits per heavy atom. The Balaban J connectivity index is 1.84. The van der Waals surface area contributed by atoms with Crippen LogP contribution in [0.4, 0.5) is 5.69 Å². The summed E-state index contributed by atoms with van der Waals surface area (Å²) in [5.41, 5.74) is 0.969. The van der Waals surface area contributed by atoms with E-state index in [4.69, 9.17) is 4.74 Å². The number of carbonyl (C=O) groups is 1. The third-order valence-corrected chi connectivity index (χ3v) is 4.82. The van der Waals surface area contributed by atoms with E-state index in [0.717, 1.165) is 50.2 Å². The maximum Gasteiger partial charge on any atom is 0.224 e. The van der Waals surface area contributed by atoms with Crippen molar-refractivity contribution in [3.8, 4) is 5.75 Å². The normalized spacial score (nSPS) is 21.4. The molecule has 25 heavy (non-hydrogen) atoms. The van der Waals surface area contributed by atoms with E-state index in [1.54, 1.807) is 0 Å². The largest absolute Gasteiger partial charge is 0.488 e. The summed E-state index contributed by atoms with van der Waals surface area (Å²) >= 11 is 0. The number of hydrogen-bond donors (Lipinski definition) is 2. The Hall–Kier alpha value is -1.75. The fourth-order valence-corrected chi connectivity index (χ4v) is 3.32. The van der Waals surface area contributed by atoms with E-state index in [2.05, 4.69) is 5.32 Å². The summed E-state index contributed by atoms with van der Waals surface area (Å²) in [5.74, 6) is 0.958. The van der Waals surface area contributed by atoms with E-state index in [1.807, 2.05) is 49.9 Å². The molecule has 5 heteroatoms. The van der Waals surface area contributed by atoms with E-state index in [1.165, 1.54) is 0 Å². The second-order valence-corrected chi connectivity index (χ2v) is 6.85. The number of amides is 1. The molecule has 3 unspecified atom stereocenters. The lowest BCUT2D eigenvalue weighted by Crippen LogP contribution is -2.34. The first kappa shape index (κ1) is 19.6. The number of hydrogen-bond acceptors (Lipinski definition) is 4. The van der Waals surface area contributed by atoms with Gasteiger partial charge in [0.25, 0.3) is 0 Å². The molecule has 2 N–H and O–H groups in total. The summed E-state index contributed by atoms with van der Waals surface area (Å²) in [5, 5.41) is 13.4. The van der Waals surface area contributed by atoms with Crippen LogP contribution in [0.2, 0.25) is 0 Å². The smallest absolute Gasteiger partial charge is 0.224 e. The first-order chi connectivity index (χ1) is 12.0. The number of carbonyl (C=O) groups excluding carboxylic acids is 1. The highest BCUT2D eigenvalue weighted by molar-refractivity contribution is 5.77. The second kappa shape index (κ2) is 9.66. The van der Waals surface area contributed by atoms with Crippen LogP contribution in [0.3, 0.4) is 0 Å². The van der Waals surface area contributed by atoms with Crippen molar-refractivity contribution < 1.29 is 14.6 Å². The SMILES string of the molecule is CCN(CC)C(=O)CC(C)Nc1ccc(OC2CCCCC2O)cc1. The summed E-state index contributed by atoms with van der Waals surface area (Å²) < 4.78 is 5.91. The van der Waals surface area contributed by atoms with Gasteiger partial charge in [-0.25, -0.2) is 0 Å². The minimum atomic E-state index is -0.363. The van der Waals surface area contributed by atoms with Gasteiger partial charge in [0.15, 0.2) is 0 Å². The van der Waals surface area contributed by atoms with Crippen LogP contribution in [-0.2, 0) is 4.79 Å². The average Bonchev–Trinajstić information content (AvgIpc) is 2.59. The summed E-state index contributed by atoms with van der Waals surface area (Å²) in [6.07, 6.45) is 3.94. The highest BCUT2D eigenvalue weighted by Crippen LogP contribution is 2.25. The monoisotopic (exact) mass is 348 g/mol. The van der Waals surface area contributed by atoms with Crippen LogP contribution in [-0.4, -0.2) is 47.3 Å².